The van der Waals surface area contributed by atoms with Gasteiger partial charge >= 0.3 is 5.97 Å². The minimum atomic E-state index is -3.70. The standard InChI is InChI=1S/C12H23NO4S/c1-9(2)11-5-4-7-13(8-6-11)18(16,17)10(3)12(14)15/h9-11H,4-8H2,1-3H3,(H,14,15). The van der Waals surface area contributed by atoms with Gasteiger partial charge < -0.3 is 5.11 Å². The Morgan fingerprint density at radius 1 is 1.22 bits per heavy atom. The van der Waals surface area contributed by atoms with Crippen molar-refractivity contribution in [1.82, 2.24) is 4.31 Å². The van der Waals surface area contributed by atoms with E-state index in [1.165, 1.54) is 11.2 Å². The monoisotopic (exact) mass is 277 g/mol. The second-order valence-electron chi connectivity index (χ2n) is 5.36. The lowest BCUT2D eigenvalue weighted by molar-refractivity contribution is -0.136. The Balaban J connectivity index is 2.77. The molecule has 0 radical (unpaired) electrons. The first-order valence-electron chi connectivity index (χ1n) is 6.48. The Morgan fingerprint density at radius 3 is 2.33 bits per heavy atom. The molecule has 1 fully saturated rings. The third-order valence-electron chi connectivity index (χ3n) is 3.83. The van der Waals surface area contributed by atoms with Crippen molar-refractivity contribution in [2.45, 2.75) is 45.3 Å². The van der Waals surface area contributed by atoms with Gasteiger partial charge in [-0.25, -0.2) is 12.7 Å². The van der Waals surface area contributed by atoms with E-state index in [4.69, 9.17) is 5.11 Å². The minimum Gasteiger partial charge on any atom is -0.480 e. The van der Waals surface area contributed by atoms with E-state index in [1.54, 1.807) is 0 Å². The number of aliphatic carboxylic acids is 1. The van der Waals surface area contributed by atoms with Gasteiger partial charge in [0.25, 0.3) is 0 Å². The van der Waals surface area contributed by atoms with Gasteiger partial charge in [0.15, 0.2) is 5.25 Å². The number of sulfonamides is 1. The van der Waals surface area contributed by atoms with Crippen molar-refractivity contribution in [3.63, 3.8) is 0 Å². The average molecular weight is 277 g/mol. The maximum atomic E-state index is 12.1. The summed E-state index contributed by atoms with van der Waals surface area (Å²) in [7, 11) is -3.70. The predicted molar refractivity (Wildman–Crippen MR) is 69.8 cm³/mol. The van der Waals surface area contributed by atoms with Crippen molar-refractivity contribution in [3.05, 3.63) is 0 Å². The summed E-state index contributed by atoms with van der Waals surface area (Å²) in [6.07, 6.45) is 2.66. The molecule has 0 aromatic rings. The molecule has 1 aliphatic heterocycles. The van der Waals surface area contributed by atoms with Crippen molar-refractivity contribution in [3.8, 4) is 0 Å². The number of nitrogens with zero attached hydrogens (tertiary/aromatic N) is 1. The van der Waals surface area contributed by atoms with E-state index < -0.39 is 21.2 Å². The van der Waals surface area contributed by atoms with Crippen LogP contribution in [0, 0.1) is 11.8 Å². The van der Waals surface area contributed by atoms with Crippen LogP contribution < -0.4 is 0 Å². The molecule has 0 spiro atoms. The molecule has 1 N–H and O–H groups in total. The van der Waals surface area contributed by atoms with Crippen LogP contribution in [0.25, 0.3) is 0 Å². The molecule has 0 aromatic carbocycles. The summed E-state index contributed by atoms with van der Waals surface area (Å²) in [6, 6.07) is 0. The Bertz CT molecular complexity index is 391. The Hall–Kier alpha value is -0.620. The second kappa shape index (κ2) is 6.02. The molecule has 5 nitrogen and oxygen atoms in total. The van der Waals surface area contributed by atoms with Gasteiger partial charge in [-0.3, -0.25) is 4.79 Å². The highest BCUT2D eigenvalue weighted by Gasteiger charge is 2.35. The van der Waals surface area contributed by atoms with Gasteiger partial charge in [-0.15, -0.1) is 0 Å². The summed E-state index contributed by atoms with van der Waals surface area (Å²) in [4.78, 5) is 10.8. The molecule has 0 aromatic heterocycles. The Morgan fingerprint density at radius 2 is 1.83 bits per heavy atom. The normalized spacial score (nSPS) is 24.8. The zero-order valence-electron chi connectivity index (χ0n) is 11.3. The van der Waals surface area contributed by atoms with Crippen LogP contribution >= 0.6 is 0 Å². The SMILES string of the molecule is CC(C)C1CCCN(S(=O)(=O)C(C)C(=O)O)CC1. The predicted octanol–water partition coefficient (Wildman–Crippen LogP) is 1.55. The maximum absolute atomic E-state index is 12.1. The molecule has 1 saturated heterocycles. The van der Waals surface area contributed by atoms with Gasteiger partial charge in [0.05, 0.1) is 0 Å². The summed E-state index contributed by atoms with van der Waals surface area (Å²) in [5, 5.41) is 7.50. The van der Waals surface area contributed by atoms with E-state index in [0.29, 0.717) is 24.9 Å². The maximum Gasteiger partial charge on any atom is 0.323 e. The van der Waals surface area contributed by atoms with Crippen molar-refractivity contribution < 1.29 is 18.3 Å². The molecule has 1 rings (SSSR count). The summed E-state index contributed by atoms with van der Waals surface area (Å²) >= 11 is 0. The van der Waals surface area contributed by atoms with Crippen LogP contribution in [-0.2, 0) is 14.8 Å². The fourth-order valence-electron chi connectivity index (χ4n) is 2.37. The molecule has 2 unspecified atom stereocenters. The molecule has 0 saturated carbocycles. The fraction of sp³-hybridized carbons (Fsp3) is 0.917. The van der Waals surface area contributed by atoms with Gasteiger partial charge in [-0.05, 0) is 38.0 Å². The first-order chi connectivity index (χ1) is 8.26. The fourth-order valence-corrected chi connectivity index (χ4v) is 3.81. The molecule has 0 bridgehead atoms. The van der Waals surface area contributed by atoms with Crippen LogP contribution in [-0.4, -0.2) is 42.1 Å². The van der Waals surface area contributed by atoms with Crippen LogP contribution in [0.2, 0.25) is 0 Å². The second-order valence-corrected chi connectivity index (χ2v) is 7.61. The quantitative estimate of drug-likeness (QED) is 0.846. The molecule has 106 valence electrons. The largest absolute Gasteiger partial charge is 0.480 e. The molecule has 0 aliphatic carbocycles. The molecule has 6 heteroatoms. The van der Waals surface area contributed by atoms with Gasteiger partial charge in [-0.1, -0.05) is 13.8 Å². The van der Waals surface area contributed by atoms with Crippen LogP contribution in [0.3, 0.4) is 0 Å². The van der Waals surface area contributed by atoms with Gasteiger partial charge in [0, 0.05) is 13.1 Å². The van der Waals surface area contributed by atoms with E-state index in [9.17, 15) is 13.2 Å². The van der Waals surface area contributed by atoms with E-state index in [-0.39, 0.29) is 0 Å². The molecular weight excluding hydrogens is 254 g/mol. The molecule has 1 aliphatic rings. The first-order valence-corrected chi connectivity index (χ1v) is 7.99. The van der Waals surface area contributed by atoms with Crippen LogP contribution in [0.1, 0.15) is 40.0 Å². The lowest BCUT2D eigenvalue weighted by Gasteiger charge is -2.23. The van der Waals surface area contributed by atoms with Crippen molar-refractivity contribution in [2.75, 3.05) is 13.1 Å². The number of hydrogen-bond acceptors (Lipinski definition) is 3. The van der Waals surface area contributed by atoms with Crippen molar-refractivity contribution in [1.29, 1.82) is 0 Å². The molecule has 2 atom stereocenters. The number of hydrogen-bond donors (Lipinski definition) is 1. The third-order valence-corrected chi connectivity index (χ3v) is 6.01. The highest BCUT2D eigenvalue weighted by Crippen LogP contribution is 2.26. The third kappa shape index (κ3) is 3.45. The van der Waals surface area contributed by atoms with Crippen molar-refractivity contribution >= 4 is 16.0 Å². The smallest absolute Gasteiger partial charge is 0.323 e. The van der Waals surface area contributed by atoms with Gasteiger partial charge in [0.1, 0.15) is 0 Å². The van der Waals surface area contributed by atoms with Gasteiger partial charge in [0.2, 0.25) is 10.0 Å². The highest BCUT2D eigenvalue weighted by molar-refractivity contribution is 7.90. The number of carboxylic acid groups (broad SMARTS) is 1. The molecule has 18 heavy (non-hydrogen) atoms. The lowest BCUT2D eigenvalue weighted by Crippen LogP contribution is -2.41. The van der Waals surface area contributed by atoms with E-state index in [1.807, 2.05) is 0 Å². The first kappa shape index (κ1) is 15.4. The summed E-state index contributed by atoms with van der Waals surface area (Å²) in [5.41, 5.74) is 0. The summed E-state index contributed by atoms with van der Waals surface area (Å²) in [5.74, 6) is -0.199. The zero-order valence-corrected chi connectivity index (χ0v) is 12.1. The lowest BCUT2D eigenvalue weighted by atomic mass is 9.89. The molecular formula is C12H23NO4S. The Labute approximate surface area is 109 Å². The van der Waals surface area contributed by atoms with Crippen molar-refractivity contribution in [2.24, 2.45) is 11.8 Å². The van der Waals surface area contributed by atoms with Crippen LogP contribution in [0.4, 0.5) is 0 Å². The molecule has 0 amide bonds. The summed E-state index contributed by atoms with van der Waals surface area (Å²) < 4.78 is 25.6. The van der Waals surface area contributed by atoms with Crippen LogP contribution in [0.5, 0.6) is 0 Å². The average Bonchev–Trinajstić information content (AvgIpc) is 2.53. The van der Waals surface area contributed by atoms with E-state index in [0.717, 1.165) is 19.3 Å². The van der Waals surface area contributed by atoms with E-state index in [2.05, 4.69) is 13.8 Å². The van der Waals surface area contributed by atoms with Crippen LogP contribution in [0.15, 0.2) is 0 Å². The van der Waals surface area contributed by atoms with E-state index >= 15 is 0 Å². The molecule has 1 heterocycles. The number of rotatable bonds is 4. The topological polar surface area (TPSA) is 74.7 Å². The number of carbonyl (C=O) groups is 1. The highest BCUT2D eigenvalue weighted by atomic mass is 32.2. The van der Waals surface area contributed by atoms with Gasteiger partial charge in [-0.2, -0.15) is 0 Å². The number of carboxylic acids is 1. The summed E-state index contributed by atoms with van der Waals surface area (Å²) in [6.45, 7) is 6.43. The Kier molecular flexibility index (Phi) is 5.16. The zero-order chi connectivity index (χ0) is 13.9. The minimum absolute atomic E-state index is 0.447.